The number of amides is 1. The van der Waals surface area contributed by atoms with Crippen molar-refractivity contribution in [3.8, 4) is 0 Å². The van der Waals surface area contributed by atoms with Crippen LogP contribution < -0.4 is 5.32 Å². The predicted molar refractivity (Wildman–Crippen MR) is 83.8 cm³/mol. The largest absolute Gasteiger partial charge is 0.381 e. The second kappa shape index (κ2) is 7.57. The maximum absolute atomic E-state index is 12.3. The average molecular weight is 290 g/mol. The van der Waals surface area contributed by atoms with Gasteiger partial charge in [-0.2, -0.15) is 0 Å². The van der Waals surface area contributed by atoms with Gasteiger partial charge < -0.3 is 9.64 Å². The highest BCUT2D eigenvalue weighted by molar-refractivity contribution is 5.84. The Morgan fingerprint density at radius 3 is 2.67 bits per heavy atom. The van der Waals surface area contributed by atoms with Gasteiger partial charge in [-0.15, -0.1) is 0 Å². The fourth-order valence-electron chi connectivity index (χ4n) is 2.58. The van der Waals surface area contributed by atoms with Crippen molar-refractivity contribution in [3.05, 3.63) is 35.9 Å². The summed E-state index contributed by atoms with van der Waals surface area (Å²) >= 11 is 0. The third-order valence-electron chi connectivity index (χ3n) is 3.63. The zero-order valence-corrected chi connectivity index (χ0v) is 13.2. The number of rotatable bonds is 7. The van der Waals surface area contributed by atoms with Crippen LogP contribution in [0, 0.1) is 5.92 Å². The van der Waals surface area contributed by atoms with Gasteiger partial charge in [-0.1, -0.05) is 44.2 Å². The number of carbonyl (C=O) groups excluding carboxylic acids is 1. The summed E-state index contributed by atoms with van der Waals surface area (Å²) in [4.78, 5) is 14.2. The SMILES string of the molecule is CC(C)COCCCN1C(=O)C(C)NC1c1ccccc1. The van der Waals surface area contributed by atoms with Crippen molar-refractivity contribution in [3.63, 3.8) is 0 Å². The minimum Gasteiger partial charge on any atom is -0.381 e. The third kappa shape index (κ3) is 4.29. The molecule has 0 bridgehead atoms. The second-order valence-electron chi connectivity index (χ2n) is 6.06. The molecule has 0 aliphatic carbocycles. The van der Waals surface area contributed by atoms with Gasteiger partial charge in [-0.25, -0.2) is 0 Å². The monoisotopic (exact) mass is 290 g/mol. The highest BCUT2D eigenvalue weighted by atomic mass is 16.5. The summed E-state index contributed by atoms with van der Waals surface area (Å²) in [5.74, 6) is 0.727. The minimum absolute atomic E-state index is 0.0150. The molecule has 2 rings (SSSR count). The predicted octanol–water partition coefficient (Wildman–Crippen LogP) is 2.57. The van der Waals surface area contributed by atoms with Crippen LogP contribution in [-0.4, -0.2) is 36.6 Å². The van der Waals surface area contributed by atoms with Gasteiger partial charge in [0.2, 0.25) is 5.91 Å². The number of carbonyl (C=O) groups is 1. The van der Waals surface area contributed by atoms with Gasteiger partial charge in [0.25, 0.3) is 0 Å². The Bertz CT molecular complexity index is 447. The lowest BCUT2D eigenvalue weighted by molar-refractivity contribution is -0.130. The Morgan fingerprint density at radius 2 is 2.00 bits per heavy atom. The molecule has 1 N–H and O–H groups in total. The molecule has 1 aliphatic heterocycles. The highest BCUT2D eigenvalue weighted by Gasteiger charge is 2.36. The van der Waals surface area contributed by atoms with E-state index in [9.17, 15) is 4.79 Å². The number of nitrogens with zero attached hydrogens (tertiary/aromatic N) is 1. The van der Waals surface area contributed by atoms with E-state index in [1.165, 1.54) is 0 Å². The lowest BCUT2D eigenvalue weighted by Crippen LogP contribution is -2.32. The molecule has 0 aromatic heterocycles. The summed E-state index contributed by atoms with van der Waals surface area (Å²) in [6, 6.07) is 10.0. The van der Waals surface area contributed by atoms with E-state index >= 15 is 0 Å². The summed E-state index contributed by atoms with van der Waals surface area (Å²) in [7, 11) is 0. The number of ether oxygens (including phenoxy) is 1. The van der Waals surface area contributed by atoms with E-state index in [2.05, 4.69) is 31.3 Å². The number of nitrogens with one attached hydrogen (secondary N) is 1. The van der Waals surface area contributed by atoms with Crippen LogP contribution in [0.15, 0.2) is 30.3 Å². The molecular formula is C17H26N2O2. The molecule has 2 unspecified atom stereocenters. The smallest absolute Gasteiger partial charge is 0.241 e. The fraction of sp³-hybridized carbons (Fsp3) is 0.588. The molecule has 1 aromatic rings. The fourth-order valence-corrected chi connectivity index (χ4v) is 2.58. The molecule has 4 nitrogen and oxygen atoms in total. The Hall–Kier alpha value is -1.39. The van der Waals surface area contributed by atoms with Crippen molar-refractivity contribution in [2.75, 3.05) is 19.8 Å². The second-order valence-corrected chi connectivity index (χ2v) is 6.06. The maximum atomic E-state index is 12.3. The van der Waals surface area contributed by atoms with E-state index in [1.807, 2.05) is 30.0 Å². The van der Waals surface area contributed by atoms with Gasteiger partial charge in [0.05, 0.1) is 6.04 Å². The summed E-state index contributed by atoms with van der Waals surface area (Å²) in [5.41, 5.74) is 1.14. The Labute approximate surface area is 127 Å². The summed E-state index contributed by atoms with van der Waals surface area (Å²) in [6.45, 7) is 8.42. The van der Waals surface area contributed by atoms with Crippen LogP contribution in [0.4, 0.5) is 0 Å². The lowest BCUT2D eigenvalue weighted by atomic mass is 10.1. The van der Waals surface area contributed by atoms with E-state index in [1.54, 1.807) is 0 Å². The molecule has 1 fully saturated rings. The first-order valence-electron chi connectivity index (χ1n) is 7.79. The van der Waals surface area contributed by atoms with Gasteiger partial charge in [0, 0.05) is 19.8 Å². The van der Waals surface area contributed by atoms with Gasteiger partial charge in [0.15, 0.2) is 0 Å². The van der Waals surface area contributed by atoms with Crippen molar-refractivity contribution in [2.24, 2.45) is 5.92 Å². The van der Waals surface area contributed by atoms with Crippen LogP contribution >= 0.6 is 0 Å². The number of hydrogen-bond donors (Lipinski definition) is 1. The maximum Gasteiger partial charge on any atom is 0.241 e. The Balaban J connectivity index is 1.90. The molecule has 1 aliphatic rings. The standard InChI is InChI=1S/C17H26N2O2/c1-13(2)12-21-11-7-10-19-16(18-14(3)17(19)20)15-8-5-4-6-9-15/h4-6,8-9,13-14,16,18H,7,10-12H2,1-3H3. The molecule has 1 amide bonds. The highest BCUT2D eigenvalue weighted by Crippen LogP contribution is 2.25. The molecule has 1 aromatic carbocycles. The van der Waals surface area contributed by atoms with Gasteiger partial charge in [0.1, 0.15) is 6.17 Å². The molecule has 0 saturated carbocycles. The van der Waals surface area contributed by atoms with E-state index in [0.717, 1.165) is 25.1 Å². The quantitative estimate of drug-likeness (QED) is 0.785. The third-order valence-corrected chi connectivity index (χ3v) is 3.63. The zero-order chi connectivity index (χ0) is 15.2. The van der Waals surface area contributed by atoms with Crippen LogP contribution in [0.25, 0.3) is 0 Å². The van der Waals surface area contributed by atoms with E-state index in [4.69, 9.17) is 4.74 Å². The molecule has 116 valence electrons. The summed E-state index contributed by atoms with van der Waals surface area (Å²) in [5, 5.41) is 3.36. The minimum atomic E-state index is -0.119. The molecule has 1 heterocycles. The molecule has 4 heteroatoms. The normalized spacial score (nSPS) is 22.3. The first-order valence-corrected chi connectivity index (χ1v) is 7.79. The average Bonchev–Trinajstić information content (AvgIpc) is 2.75. The molecule has 2 atom stereocenters. The van der Waals surface area contributed by atoms with E-state index in [0.29, 0.717) is 12.5 Å². The van der Waals surface area contributed by atoms with Crippen molar-refractivity contribution in [1.82, 2.24) is 10.2 Å². The lowest BCUT2D eigenvalue weighted by Gasteiger charge is -2.24. The zero-order valence-electron chi connectivity index (χ0n) is 13.2. The van der Waals surface area contributed by atoms with Crippen molar-refractivity contribution >= 4 is 5.91 Å². The molecule has 0 spiro atoms. The van der Waals surface area contributed by atoms with Crippen LogP contribution in [-0.2, 0) is 9.53 Å². The van der Waals surface area contributed by atoms with Crippen LogP contribution in [0.2, 0.25) is 0 Å². The van der Waals surface area contributed by atoms with Crippen LogP contribution in [0.1, 0.15) is 38.9 Å². The van der Waals surface area contributed by atoms with Crippen molar-refractivity contribution < 1.29 is 9.53 Å². The van der Waals surface area contributed by atoms with Crippen molar-refractivity contribution in [1.29, 1.82) is 0 Å². The molecular weight excluding hydrogens is 264 g/mol. The summed E-state index contributed by atoms with van der Waals surface area (Å²) in [6.07, 6.45) is 0.856. The van der Waals surface area contributed by atoms with Gasteiger partial charge >= 0.3 is 0 Å². The van der Waals surface area contributed by atoms with Crippen LogP contribution in [0.3, 0.4) is 0 Å². The first kappa shape index (κ1) is 16.0. The van der Waals surface area contributed by atoms with E-state index in [-0.39, 0.29) is 18.1 Å². The number of benzene rings is 1. The Kier molecular flexibility index (Phi) is 5.76. The van der Waals surface area contributed by atoms with E-state index < -0.39 is 0 Å². The molecule has 21 heavy (non-hydrogen) atoms. The van der Waals surface area contributed by atoms with Gasteiger partial charge in [-0.3, -0.25) is 10.1 Å². The number of hydrogen-bond acceptors (Lipinski definition) is 3. The molecule has 1 saturated heterocycles. The van der Waals surface area contributed by atoms with Crippen LogP contribution in [0.5, 0.6) is 0 Å². The first-order chi connectivity index (χ1) is 10.1. The molecule has 0 radical (unpaired) electrons. The topological polar surface area (TPSA) is 41.6 Å². The Morgan fingerprint density at radius 1 is 1.29 bits per heavy atom. The van der Waals surface area contributed by atoms with Gasteiger partial charge in [-0.05, 0) is 24.8 Å². The van der Waals surface area contributed by atoms with Crippen molar-refractivity contribution in [2.45, 2.75) is 39.4 Å². The summed E-state index contributed by atoms with van der Waals surface area (Å²) < 4.78 is 5.60.